The molecule has 0 saturated carbocycles. The van der Waals surface area contributed by atoms with E-state index in [-0.39, 0.29) is 0 Å². The number of aliphatic hydroxyl groups is 1. The summed E-state index contributed by atoms with van der Waals surface area (Å²) < 4.78 is 0. The average Bonchev–Trinajstić information content (AvgIpc) is 1.87. The van der Waals surface area contributed by atoms with Crippen LogP contribution in [0, 0.1) is 0 Å². The molecular weight excluding hydrogens is 126 g/mol. The van der Waals surface area contributed by atoms with Crippen LogP contribution in [-0.2, 0) is 0 Å². The highest BCUT2D eigenvalue weighted by molar-refractivity contribution is 5.07. The molecule has 0 aromatic carbocycles. The lowest BCUT2D eigenvalue weighted by atomic mass is 10.3. The van der Waals surface area contributed by atoms with Gasteiger partial charge in [0.1, 0.15) is 0 Å². The Morgan fingerprint density at radius 1 is 1.60 bits per heavy atom. The molecule has 0 radical (unpaired) electrons. The molecule has 2 N–H and O–H groups in total. The van der Waals surface area contributed by atoms with Crippen molar-refractivity contribution >= 4 is 0 Å². The Labute approximate surface area is 62.3 Å². The van der Waals surface area contributed by atoms with Crippen LogP contribution in [0.4, 0.5) is 0 Å². The second-order valence-corrected chi connectivity index (χ2v) is 2.27. The summed E-state index contributed by atoms with van der Waals surface area (Å²) in [4.78, 5) is 0. The van der Waals surface area contributed by atoms with E-state index in [1.54, 1.807) is 13.0 Å². The van der Waals surface area contributed by atoms with Gasteiger partial charge in [0.15, 0.2) is 0 Å². The van der Waals surface area contributed by atoms with Crippen LogP contribution in [0.1, 0.15) is 13.8 Å². The van der Waals surface area contributed by atoms with Crippen molar-refractivity contribution in [2.24, 2.45) is 0 Å². The van der Waals surface area contributed by atoms with Gasteiger partial charge in [-0.15, -0.1) is 0 Å². The Balaban J connectivity index is 3.66. The lowest BCUT2D eigenvalue weighted by Gasteiger charge is -2.00. The highest BCUT2D eigenvalue weighted by Crippen LogP contribution is 1.88. The molecule has 0 aromatic rings. The molecule has 0 aliphatic rings. The molecule has 0 aliphatic heterocycles. The van der Waals surface area contributed by atoms with E-state index in [2.05, 4.69) is 5.32 Å². The minimum Gasteiger partial charge on any atom is -0.513 e. The molecule has 10 heavy (non-hydrogen) atoms. The molecule has 0 heterocycles. The molecule has 0 aliphatic carbocycles. The van der Waals surface area contributed by atoms with Crippen molar-refractivity contribution < 1.29 is 5.11 Å². The largest absolute Gasteiger partial charge is 0.513 e. The van der Waals surface area contributed by atoms with Gasteiger partial charge >= 0.3 is 0 Å². The minimum atomic E-state index is 0.333. The first kappa shape index (κ1) is 9.24. The average molecular weight is 141 g/mol. The van der Waals surface area contributed by atoms with Crippen LogP contribution >= 0.6 is 0 Å². The Morgan fingerprint density at radius 2 is 2.20 bits per heavy atom. The summed E-state index contributed by atoms with van der Waals surface area (Å²) in [5.74, 6) is 0.333. The zero-order valence-corrected chi connectivity index (χ0v) is 6.76. The summed E-state index contributed by atoms with van der Waals surface area (Å²) >= 11 is 0. The molecule has 0 bridgehead atoms. The number of likely N-dealkylation sites (N-methyl/N-ethyl adjacent to an activating group) is 1. The van der Waals surface area contributed by atoms with Crippen LogP contribution in [0.5, 0.6) is 0 Å². The summed E-state index contributed by atoms with van der Waals surface area (Å²) in [6.45, 7) is 3.69. The molecule has 0 aromatic heterocycles. The fourth-order valence-electron chi connectivity index (χ4n) is 0.458. The molecular formula is C8H15NO. The van der Waals surface area contributed by atoms with Gasteiger partial charge in [-0.05, 0) is 27.0 Å². The molecule has 0 saturated heterocycles. The van der Waals surface area contributed by atoms with Crippen LogP contribution in [0.3, 0.4) is 0 Å². The van der Waals surface area contributed by atoms with E-state index < -0.39 is 0 Å². The van der Waals surface area contributed by atoms with Crippen LogP contribution in [0.15, 0.2) is 24.0 Å². The van der Waals surface area contributed by atoms with Crippen LogP contribution in [0.25, 0.3) is 0 Å². The number of rotatable bonds is 3. The van der Waals surface area contributed by atoms with Gasteiger partial charge in [0.05, 0.1) is 5.76 Å². The van der Waals surface area contributed by atoms with E-state index in [4.69, 9.17) is 5.11 Å². The topological polar surface area (TPSA) is 32.3 Å². The third-order valence-electron chi connectivity index (χ3n) is 1.19. The fraction of sp³-hybridized carbons (Fsp3) is 0.500. The zero-order valence-electron chi connectivity index (χ0n) is 6.76. The van der Waals surface area contributed by atoms with Gasteiger partial charge in [0.2, 0.25) is 0 Å². The first-order valence-corrected chi connectivity index (χ1v) is 3.38. The number of allylic oxidation sites excluding steroid dienone is 3. The van der Waals surface area contributed by atoms with Crippen molar-refractivity contribution in [3.63, 3.8) is 0 Å². The van der Waals surface area contributed by atoms with Crippen molar-refractivity contribution in [1.29, 1.82) is 0 Å². The van der Waals surface area contributed by atoms with Gasteiger partial charge in [-0.1, -0.05) is 12.2 Å². The Hall–Kier alpha value is -0.760. The van der Waals surface area contributed by atoms with Crippen molar-refractivity contribution in [2.75, 3.05) is 7.05 Å². The van der Waals surface area contributed by atoms with Gasteiger partial charge in [-0.3, -0.25) is 0 Å². The maximum Gasteiger partial charge on any atom is 0.0891 e. The lowest BCUT2D eigenvalue weighted by Crippen LogP contribution is -2.17. The third kappa shape index (κ3) is 5.38. The molecule has 0 fully saturated rings. The molecule has 2 heteroatoms. The summed E-state index contributed by atoms with van der Waals surface area (Å²) in [5, 5.41) is 11.8. The molecule has 0 spiro atoms. The second kappa shape index (κ2) is 5.06. The van der Waals surface area contributed by atoms with Crippen molar-refractivity contribution in [3.05, 3.63) is 24.0 Å². The number of hydrogen-bond acceptors (Lipinski definition) is 2. The molecule has 58 valence electrons. The summed E-state index contributed by atoms with van der Waals surface area (Å²) in [5.41, 5.74) is 0. The van der Waals surface area contributed by atoms with E-state index >= 15 is 0 Å². The lowest BCUT2D eigenvalue weighted by molar-refractivity contribution is 0.414. The number of hydrogen-bond donors (Lipinski definition) is 2. The van der Waals surface area contributed by atoms with Gasteiger partial charge in [-0.2, -0.15) is 0 Å². The Kier molecular flexibility index (Phi) is 4.67. The van der Waals surface area contributed by atoms with E-state index in [9.17, 15) is 0 Å². The molecule has 1 unspecified atom stereocenters. The molecule has 1 atom stereocenters. The highest BCUT2D eigenvalue weighted by Gasteiger charge is 1.85. The third-order valence-corrected chi connectivity index (χ3v) is 1.19. The van der Waals surface area contributed by atoms with E-state index in [1.165, 1.54) is 0 Å². The van der Waals surface area contributed by atoms with Gasteiger partial charge in [0, 0.05) is 6.04 Å². The Bertz CT molecular complexity index is 134. The maximum absolute atomic E-state index is 8.73. The predicted molar refractivity (Wildman–Crippen MR) is 44.0 cm³/mol. The Morgan fingerprint density at radius 3 is 2.60 bits per heavy atom. The SMILES string of the molecule is CNC(C)C=C/C=C(\C)O. The first-order chi connectivity index (χ1) is 4.66. The van der Waals surface area contributed by atoms with Crippen molar-refractivity contribution in [2.45, 2.75) is 19.9 Å². The smallest absolute Gasteiger partial charge is 0.0891 e. The zero-order chi connectivity index (χ0) is 7.98. The number of nitrogens with one attached hydrogen (secondary N) is 1. The van der Waals surface area contributed by atoms with E-state index in [0.717, 1.165) is 0 Å². The van der Waals surface area contributed by atoms with Gasteiger partial charge < -0.3 is 10.4 Å². The standard InChI is InChI=1S/C8H15NO/c1-7(9-3)5-4-6-8(2)10/h4-7,9-10H,1-3H3/b5-4?,8-6+. The predicted octanol–water partition coefficient (Wildman–Crippen LogP) is 1.61. The van der Waals surface area contributed by atoms with Crippen molar-refractivity contribution in [1.82, 2.24) is 5.32 Å². The number of aliphatic hydroxyl groups excluding tert-OH is 1. The van der Waals surface area contributed by atoms with Crippen LogP contribution in [0.2, 0.25) is 0 Å². The van der Waals surface area contributed by atoms with Crippen LogP contribution < -0.4 is 5.32 Å². The van der Waals surface area contributed by atoms with Gasteiger partial charge in [0.25, 0.3) is 0 Å². The second-order valence-electron chi connectivity index (χ2n) is 2.27. The highest BCUT2D eigenvalue weighted by atomic mass is 16.3. The van der Waals surface area contributed by atoms with E-state index in [0.29, 0.717) is 11.8 Å². The summed E-state index contributed by atoms with van der Waals surface area (Å²) in [6.07, 6.45) is 5.46. The molecule has 2 nitrogen and oxygen atoms in total. The van der Waals surface area contributed by atoms with Crippen molar-refractivity contribution in [3.8, 4) is 0 Å². The van der Waals surface area contributed by atoms with Gasteiger partial charge in [-0.25, -0.2) is 0 Å². The fourth-order valence-corrected chi connectivity index (χ4v) is 0.458. The molecule has 0 rings (SSSR count). The van der Waals surface area contributed by atoms with E-state index in [1.807, 2.05) is 26.1 Å². The maximum atomic E-state index is 8.73. The summed E-state index contributed by atoms with van der Waals surface area (Å²) in [7, 11) is 1.89. The normalized spacial score (nSPS) is 16.1. The van der Waals surface area contributed by atoms with Crippen LogP contribution in [-0.4, -0.2) is 18.2 Å². The summed E-state index contributed by atoms with van der Waals surface area (Å²) in [6, 6.07) is 0.357. The molecule has 0 amide bonds. The first-order valence-electron chi connectivity index (χ1n) is 3.38. The monoisotopic (exact) mass is 141 g/mol. The minimum absolute atomic E-state index is 0.333. The quantitative estimate of drug-likeness (QED) is 0.462.